The zero-order valence-electron chi connectivity index (χ0n) is 12.1. The number of halogens is 1. The van der Waals surface area contributed by atoms with Gasteiger partial charge in [0.15, 0.2) is 0 Å². The Kier molecular flexibility index (Phi) is 7.09. The first-order valence-electron chi connectivity index (χ1n) is 6.63. The van der Waals surface area contributed by atoms with Gasteiger partial charge in [-0.2, -0.15) is 4.98 Å². The molecule has 0 saturated heterocycles. The first-order valence-corrected chi connectivity index (χ1v) is 7.43. The van der Waals surface area contributed by atoms with Crippen LogP contribution in [0.25, 0.3) is 0 Å². The van der Waals surface area contributed by atoms with Crippen LogP contribution in [-0.2, 0) is 4.74 Å². The molecule has 0 aliphatic heterocycles. The fraction of sp³-hybridized carbons (Fsp3) is 0.692. The molecule has 0 aromatic carbocycles. The van der Waals surface area contributed by atoms with Crippen LogP contribution >= 0.6 is 15.9 Å². The fourth-order valence-corrected chi connectivity index (χ4v) is 1.97. The molecule has 1 aromatic rings. The summed E-state index contributed by atoms with van der Waals surface area (Å²) in [4.78, 5) is 10.8. The Hall–Kier alpha value is -0.880. The summed E-state index contributed by atoms with van der Waals surface area (Å²) >= 11 is 3.48. The highest BCUT2D eigenvalue weighted by atomic mass is 79.9. The lowest BCUT2D eigenvalue weighted by Crippen LogP contribution is -2.25. The number of aromatic nitrogens is 2. The monoisotopic (exact) mass is 330 g/mol. The van der Waals surface area contributed by atoms with Gasteiger partial charge >= 0.3 is 0 Å². The van der Waals surface area contributed by atoms with Gasteiger partial charge in [-0.15, -0.1) is 0 Å². The van der Waals surface area contributed by atoms with E-state index < -0.39 is 0 Å². The zero-order valence-corrected chi connectivity index (χ0v) is 13.7. The summed E-state index contributed by atoms with van der Waals surface area (Å²) in [7, 11) is 2.00. The van der Waals surface area contributed by atoms with E-state index in [0.29, 0.717) is 12.6 Å². The SMILES string of the molecule is CCCNc1ncc(Br)c(N(C)CCOC(C)C)n1. The molecule has 1 N–H and O–H groups in total. The maximum Gasteiger partial charge on any atom is 0.224 e. The van der Waals surface area contributed by atoms with Gasteiger partial charge in [0.2, 0.25) is 5.95 Å². The molecule has 108 valence electrons. The summed E-state index contributed by atoms with van der Waals surface area (Å²) in [5.74, 6) is 1.54. The van der Waals surface area contributed by atoms with Crippen molar-refractivity contribution in [3.63, 3.8) is 0 Å². The Bertz CT molecular complexity index is 387. The Morgan fingerprint density at radius 1 is 1.47 bits per heavy atom. The molecule has 0 fully saturated rings. The van der Waals surface area contributed by atoms with Crippen molar-refractivity contribution in [2.24, 2.45) is 0 Å². The second-order valence-electron chi connectivity index (χ2n) is 4.63. The second-order valence-corrected chi connectivity index (χ2v) is 5.49. The number of hydrogen-bond acceptors (Lipinski definition) is 5. The number of nitrogens with zero attached hydrogens (tertiary/aromatic N) is 3. The lowest BCUT2D eigenvalue weighted by atomic mass is 10.4. The van der Waals surface area contributed by atoms with Crippen molar-refractivity contribution in [3.8, 4) is 0 Å². The van der Waals surface area contributed by atoms with Crippen LogP contribution in [0.3, 0.4) is 0 Å². The van der Waals surface area contributed by atoms with Gasteiger partial charge in [0, 0.05) is 26.3 Å². The van der Waals surface area contributed by atoms with E-state index >= 15 is 0 Å². The van der Waals surface area contributed by atoms with Crippen LogP contribution < -0.4 is 10.2 Å². The molecule has 0 aliphatic rings. The van der Waals surface area contributed by atoms with Crippen LogP contribution in [0.4, 0.5) is 11.8 Å². The third-order valence-corrected chi connectivity index (χ3v) is 3.06. The molecule has 1 aromatic heterocycles. The number of anilines is 2. The number of nitrogens with one attached hydrogen (secondary N) is 1. The summed E-state index contributed by atoms with van der Waals surface area (Å²) in [6, 6.07) is 0. The van der Waals surface area contributed by atoms with Crippen LogP contribution in [0.15, 0.2) is 10.7 Å². The van der Waals surface area contributed by atoms with Crippen LogP contribution in [0.2, 0.25) is 0 Å². The molecular weight excluding hydrogens is 308 g/mol. The van der Waals surface area contributed by atoms with E-state index in [0.717, 1.165) is 29.8 Å². The third kappa shape index (κ3) is 5.74. The van der Waals surface area contributed by atoms with Gasteiger partial charge in [-0.05, 0) is 36.2 Å². The molecular formula is C13H23BrN4O. The highest BCUT2D eigenvalue weighted by molar-refractivity contribution is 9.10. The molecule has 0 saturated carbocycles. The van der Waals surface area contributed by atoms with E-state index in [1.54, 1.807) is 6.20 Å². The van der Waals surface area contributed by atoms with Gasteiger partial charge in [0.1, 0.15) is 5.82 Å². The summed E-state index contributed by atoms with van der Waals surface area (Å²) in [5.41, 5.74) is 0. The van der Waals surface area contributed by atoms with Crippen LogP contribution in [0.1, 0.15) is 27.2 Å². The first kappa shape index (κ1) is 16.2. The minimum atomic E-state index is 0.254. The van der Waals surface area contributed by atoms with Gasteiger partial charge in [0.05, 0.1) is 17.2 Å². The van der Waals surface area contributed by atoms with Crippen LogP contribution in [0, 0.1) is 0 Å². The molecule has 0 radical (unpaired) electrons. The molecule has 1 heterocycles. The van der Waals surface area contributed by atoms with Gasteiger partial charge in [0.25, 0.3) is 0 Å². The Balaban J connectivity index is 2.63. The van der Waals surface area contributed by atoms with E-state index in [9.17, 15) is 0 Å². The van der Waals surface area contributed by atoms with Gasteiger partial charge in [-0.3, -0.25) is 0 Å². The lowest BCUT2D eigenvalue weighted by Gasteiger charge is -2.20. The summed E-state index contributed by atoms with van der Waals surface area (Å²) in [5, 5.41) is 3.19. The topological polar surface area (TPSA) is 50.3 Å². The summed E-state index contributed by atoms with van der Waals surface area (Å²) < 4.78 is 6.44. The minimum absolute atomic E-state index is 0.254. The van der Waals surface area contributed by atoms with Crippen molar-refractivity contribution >= 4 is 27.7 Å². The van der Waals surface area contributed by atoms with Gasteiger partial charge < -0.3 is 15.0 Å². The first-order chi connectivity index (χ1) is 9.04. The average molecular weight is 331 g/mol. The molecule has 0 amide bonds. The van der Waals surface area contributed by atoms with Crippen molar-refractivity contribution in [2.45, 2.75) is 33.3 Å². The van der Waals surface area contributed by atoms with Gasteiger partial charge in [-0.25, -0.2) is 4.98 Å². The number of hydrogen-bond donors (Lipinski definition) is 1. The molecule has 0 spiro atoms. The van der Waals surface area contributed by atoms with E-state index in [2.05, 4.69) is 43.0 Å². The molecule has 0 bridgehead atoms. The normalized spacial score (nSPS) is 10.8. The van der Waals surface area contributed by atoms with E-state index in [1.165, 1.54) is 0 Å². The standard InChI is InChI=1S/C13H23BrN4O/c1-5-6-15-13-16-9-11(14)12(17-13)18(4)7-8-19-10(2)3/h9-10H,5-8H2,1-4H3,(H,15,16,17). The van der Waals surface area contributed by atoms with Crippen molar-refractivity contribution in [2.75, 3.05) is 37.0 Å². The zero-order chi connectivity index (χ0) is 14.3. The smallest absolute Gasteiger partial charge is 0.224 e. The van der Waals surface area contributed by atoms with Crippen molar-refractivity contribution in [1.29, 1.82) is 0 Å². The fourth-order valence-electron chi connectivity index (χ4n) is 1.48. The van der Waals surface area contributed by atoms with E-state index in [1.807, 2.05) is 20.9 Å². The summed E-state index contributed by atoms with van der Waals surface area (Å²) in [6.45, 7) is 8.54. The average Bonchev–Trinajstić information content (AvgIpc) is 2.37. The third-order valence-electron chi connectivity index (χ3n) is 2.50. The maximum atomic E-state index is 5.55. The Labute approximate surface area is 123 Å². The summed E-state index contributed by atoms with van der Waals surface area (Å²) in [6.07, 6.45) is 3.08. The molecule has 0 atom stereocenters. The molecule has 19 heavy (non-hydrogen) atoms. The largest absolute Gasteiger partial charge is 0.377 e. The van der Waals surface area contributed by atoms with Crippen molar-refractivity contribution in [3.05, 3.63) is 10.7 Å². The molecule has 6 heteroatoms. The molecule has 0 aliphatic carbocycles. The molecule has 1 rings (SSSR count). The van der Waals surface area contributed by atoms with E-state index in [-0.39, 0.29) is 6.10 Å². The predicted molar refractivity (Wildman–Crippen MR) is 82.9 cm³/mol. The minimum Gasteiger partial charge on any atom is -0.377 e. The van der Waals surface area contributed by atoms with Crippen molar-refractivity contribution < 1.29 is 4.74 Å². The quantitative estimate of drug-likeness (QED) is 0.794. The number of likely N-dealkylation sites (N-methyl/N-ethyl adjacent to an activating group) is 1. The molecule has 5 nitrogen and oxygen atoms in total. The Morgan fingerprint density at radius 2 is 2.21 bits per heavy atom. The van der Waals surface area contributed by atoms with Crippen molar-refractivity contribution in [1.82, 2.24) is 9.97 Å². The Morgan fingerprint density at radius 3 is 2.84 bits per heavy atom. The maximum absolute atomic E-state index is 5.55. The predicted octanol–water partition coefficient (Wildman–Crippen LogP) is 2.92. The lowest BCUT2D eigenvalue weighted by molar-refractivity contribution is 0.0845. The number of ether oxygens (including phenoxy) is 1. The molecule has 0 unspecified atom stereocenters. The van der Waals surface area contributed by atoms with E-state index in [4.69, 9.17) is 4.74 Å². The van der Waals surface area contributed by atoms with Crippen LogP contribution in [-0.4, -0.2) is 42.8 Å². The number of rotatable bonds is 8. The highest BCUT2D eigenvalue weighted by Crippen LogP contribution is 2.23. The second kappa shape index (κ2) is 8.32. The van der Waals surface area contributed by atoms with Gasteiger partial charge in [-0.1, -0.05) is 6.92 Å². The highest BCUT2D eigenvalue weighted by Gasteiger charge is 2.10. The van der Waals surface area contributed by atoms with Crippen LogP contribution in [0.5, 0.6) is 0 Å².